The van der Waals surface area contributed by atoms with Gasteiger partial charge in [0.2, 0.25) is 0 Å². The van der Waals surface area contributed by atoms with E-state index in [2.05, 4.69) is 35.2 Å². The lowest BCUT2D eigenvalue weighted by Gasteiger charge is -2.27. The quantitative estimate of drug-likeness (QED) is 0.865. The minimum Gasteiger partial charge on any atom is -0.390 e. The number of likely N-dealkylation sites (tertiary alicyclic amines) is 1. The molecule has 0 aliphatic carbocycles. The van der Waals surface area contributed by atoms with Crippen LogP contribution in [0.1, 0.15) is 38.7 Å². The normalized spacial score (nSPS) is 21.4. The van der Waals surface area contributed by atoms with Gasteiger partial charge < -0.3 is 5.11 Å². The highest BCUT2D eigenvalue weighted by atomic mass is 16.3. The highest BCUT2D eigenvalue weighted by Crippen LogP contribution is 2.22. The molecule has 0 spiro atoms. The van der Waals surface area contributed by atoms with Crippen molar-refractivity contribution in [2.24, 2.45) is 0 Å². The van der Waals surface area contributed by atoms with Gasteiger partial charge in [-0.25, -0.2) is 0 Å². The first-order valence-electron chi connectivity index (χ1n) is 7.05. The van der Waals surface area contributed by atoms with Crippen molar-refractivity contribution in [3.63, 3.8) is 0 Å². The second-order valence-electron chi connectivity index (χ2n) is 6.08. The van der Waals surface area contributed by atoms with E-state index in [9.17, 15) is 5.11 Å². The molecular weight excluding hydrogens is 222 g/mol. The van der Waals surface area contributed by atoms with Gasteiger partial charge in [0.15, 0.2) is 0 Å². The first-order chi connectivity index (χ1) is 8.54. The van der Waals surface area contributed by atoms with E-state index in [0.29, 0.717) is 6.04 Å². The lowest BCUT2D eigenvalue weighted by atomic mass is 10.0. The van der Waals surface area contributed by atoms with E-state index in [1.54, 1.807) is 0 Å². The third-order valence-electron chi connectivity index (χ3n) is 3.82. The summed E-state index contributed by atoms with van der Waals surface area (Å²) in [6, 6.07) is 11.4. The molecule has 1 atom stereocenters. The summed E-state index contributed by atoms with van der Waals surface area (Å²) in [7, 11) is 0. The Balaban J connectivity index is 1.88. The predicted molar refractivity (Wildman–Crippen MR) is 75.7 cm³/mol. The number of hydrogen-bond donors (Lipinski definition) is 1. The Morgan fingerprint density at radius 3 is 2.67 bits per heavy atom. The molecule has 100 valence electrons. The zero-order valence-electron chi connectivity index (χ0n) is 11.6. The number of hydrogen-bond acceptors (Lipinski definition) is 2. The maximum absolute atomic E-state index is 9.83. The van der Waals surface area contributed by atoms with Crippen LogP contribution in [-0.2, 0) is 6.42 Å². The molecule has 0 unspecified atom stereocenters. The lowest BCUT2D eigenvalue weighted by molar-refractivity contribution is 0.0559. The van der Waals surface area contributed by atoms with Crippen molar-refractivity contribution in [3.8, 4) is 0 Å². The molecule has 2 nitrogen and oxygen atoms in total. The number of nitrogens with zero attached hydrogens (tertiary/aromatic N) is 1. The molecule has 2 rings (SSSR count). The summed E-state index contributed by atoms with van der Waals surface area (Å²) in [5, 5.41) is 9.83. The topological polar surface area (TPSA) is 23.5 Å². The molecule has 0 saturated carbocycles. The molecular formula is C16H25NO. The lowest BCUT2D eigenvalue weighted by Crippen LogP contribution is -2.35. The average Bonchev–Trinajstić information content (AvgIpc) is 2.74. The Morgan fingerprint density at radius 2 is 2.00 bits per heavy atom. The molecule has 0 aromatic heterocycles. The number of aliphatic hydroxyl groups is 1. The standard InChI is InChI=1S/C16H25NO/c1-16(2,18)10-12-17-11-6-9-15(17)13-14-7-4-3-5-8-14/h3-5,7-8,15,18H,6,9-13H2,1-2H3/t15-/m0/s1. The fourth-order valence-corrected chi connectivity index (χ4v) is 2.72. The maximum atomic E-state index is 9.83. The second-order valence-corrected chi connectivity index (χ2v) is 6.08. The summed E-state index contributed by atoms with van der Waals surface area (Å²) in [5.74, 6) is 0. The first kappa shape index (κ1) is 13.6. The summed E-state index contributed by atoms with van der Waals surface area (Å²) in [5.41, 5.74) is 0.887. The van der Waals surface area contributed by atoms with Crippen molar-refractivity contribution >= 4 is 0 Å². The van der Waals surface area contributed by atoms with Gasteiger partial charge >= 0.3 is 0 Å². The molecule has 1 N–H and O–H groups in total. The molecule has 1 heterocycles. The summed E-state index contributed by atoms with van der Waals surface area (Å²) in [6.45, 7) is 6.00. The predicted octanol–water partition coefficient (Wildman–Crippen LogP) is 2.85. The molecule has 1 aliphatic heterocycles. The molecule has 2 heteroatoms. The highest BCUT2D eigenvalue weighted by Gasteiger charge is 2.25. The van der Waals surface area contributed by atoms with Crippen LogP contribution in [-0.4, -0.2) is 34.7 Å². The van der Waals surface area contributed by atoms with Crippen molar-refractivity contribution in [2.75, 3.05) is 13.1 Å². The van der Waals surface area contributed by atoms with Gasteiger partial charge in [-0.1, -0.05) is 30.3 Å². The molecule has 0 bridgehead atoms. The molecule has 0 amide bonds. The van der Waals surface area contributed by atoms with Gasteiger partial charge in [0, 0.05) is 12.6 Å². The zero-order chi connectivity index (χ0) is 13.0. The van der Waals surface area contributed by atoms with Crippen LogP contribution in [0.25, 0.3) is 0 Å². The SMILES string of the molecule is CC(C)(O)CCN1CCC[C@H]1Cc1ccccc1. The Kier molecular flexibility index (Phi) is 4.41. The Hall–Kier alpha value is -0.860. The van der Waals surface area contributed by atoms with Crippen LogP contribution in [0.5, 0.6) is 0 Å². The molecule has 0 radical (unpaired) electrons. The van der Waals surface area contributed by atoms with E-state index in [1.165, 1.54) is 24.9 Å². The fourth-order valence-electron chi connectivity index (χ4n) is 2.72. The van der Waals surface area contributed by atoms with Crippen LogP contribution in [0.15, 0.2) is 30.3 Å². The van der Waals surface area contributed by atoms with Crippen LogP contribution in [0, 0.1) is 0 Å². The van der Waals surface area contributed by atoms with Crippen LogP contribution in [0.2, 0.25) is 0 Å². The monoisotopic (exact) mass is 247 g/mol. The molecule has 1 aromatic rings. The minimum atomic E-state index is -0.542. The van der Waals surface area contributed by atoms with Gasteiger partial charge in [0.25, 0.3) is 0 Å². The smallest absolute Gasteiger partial charge is 0.0603 e. The zero-order valence-corrected chi connectivity index (χ0v) is 11.6. The van der Waals surface area contributed by atoms with Gasteiger partial charge in [-0.15, -0.1) is 0 Å². The number of rotatable bonds is 5. The summed E-state index contributed by atoms with van der Waals surface area (Å²) < 4.78 is 0. The van der Waals surface area contributed by atoms with E-state index in [1.807, 2.05) is 13.8 Å². The van der Waals surface area contributed by atoms with Gasteiger partial charge in [-0.05, 0) is 51.6 Å². The summed E-state index contributed by atoms with van der Waals surface area (Å²) in [4.78, 5) is 2.55. The number of benzene rings is 1. The van der Waals surface area contributed by atoms with Crippen molar-refractivity contribution in [1.82, 2.24) is 4.90 Å². The van der Waals surface area contributed by atoms with E-state index in [-0.39, 0.29) is 0 Å². The Morgan fingerprint density at radius 1 is 1.28 bits per heavy atom. The largest absolute Gasteiger partial charge is 0.390 e. The van der Waals surface area contributed by atoms with E-state index in [0.717, 1.165) is 19.4 Å². The van der Waals surface area contributed by atoms with Crippen LogP contribution in [0.4, 0.5) is 0 Å². The third kappa shape index (κ3) is 4.11. The van der Waals surface area contributed by atoms with E-state index >= 15 is 0 Å². The molecule has 1 fully saturated rings. The van der Waals surface area contributed by atoms with Gasteiger partial charge in [-0.2, -0.15) is 0 Å². The van der Waals surface area contributed by atoms with Crippen molar-refractivity contribution in [3.05, 3.63) is 35.9 Å². The van der Waals surface area contributed by atoms with Crippen LogP contribution >= 0.6 is 0 Å². The minimum absolute atomic E-state index is 0.542. The summed E-state index contributed by atoms with van der Waals surface area (Å²) in [6.07, 6.45) is 4.59. The molecule has 1 aromatic carbocycles. The van der Waals surface area contributed by atoms with Gasteiger partial charge in [0.1, 0.15) is 0 Å². The Bertz CT molecular complexity index is 355. The third-order valence-corrected chi connectivity index (χ3v) is 3.82. The maximum Gasteiger partial charge on any atom is 0.0603 e. The van der Waals surface area contributed by atoms with Crippen LogP contribution in [0.3, 0.4) is 0 Å². The highest BCUT2D eigenvalue weighted by molar-refractivity contribution is 5.16. The van der Waals surface area contributed by atoms with Crippen molar-refractivity contribution in [2.45, 2.75) is 51.2 Å². The van der Waals surface area contributed by atoms with E-state index < -0.39 is 5.60 Å². The van der Waals surface area contributed by atoms with Crippen molar-refractivity contribution in [1.29, 1.82) is 0 Å². The van der Waals surface area contributed by atoms with Crippen molar-refractivity contribution < 1.29 is 5.11 Å². The molecule has 1 aliphatic rings. The molecule has 18 heavy (non-hydrogen) atoms. The molecule has 1 saturated heterocycles. The first-order valence-corrected chi connectivity index (χ1v) is 7.05. The Labute approximate surface area is 111 Å². The summed E-state index contributed by atoms with van der Waals surface area (Å²) >= 11 is 0. The van der Waals surface area contributed by atoms with Gasteiger partial charge in [0.05, 0.1) is 5.60 Å². The second kappa shape index (κ2) is 5.85. The van der Waals surface area contributed by atoms with Crippen LogP contribution < -0.4 is 0 Å². The van der Waals surface area contributed by atoms with Gasteiger partial charge in [-0.3, -0.25) is 4.90 Å². The fraction of sp³-hybridized carbons (Fsp3) is 0.625. The average molecular weight is 247 g/mol. The van der Waals surface area contributed by atoms with E-state index in [4.69, 9.17) is 0 Å².